The first kappa shape index (κ1) is 14.1. The number of hydrogen-bond acceptors (Lipinski definition) is 4. The zero-order valence-corrected chi connectivity index (χ0v) is 11.1. The largest absolute Gasteiger partial charge is 0.465 e. The summed E-state index contributed by atoms with van der Waals surface area (Å²) in [5.74, 6) is 2.27. The molecule has 0 spiro atoms. The van der Waals surface area contributed by atoms with Crippen molar-refractivity contribution >= 4 is 17.7 Å². The van der Waals surface area contributed by atoms with E-state index in [1.807, 2.05) is 23.9 Å². The molecule has 0 heterocycles. The molecule has 1 atom stereocenters. The van der Waals surface area contributed by atoms with Crippen LogP contribution in [0.5, 0.6) is 0 Å². The third-order valence-corrected chi connectivity index (χ3v) is 3.79. The SMILES string of the molecule is COC(=O)c1ccc(CSCC(C)CN)cc1. The molecule has 4 heteroatoms. The lowest BCUT2D eigenvalue weighted by molar-refractivity contribution is 0.0601. The van der Waals surface area contributed by atoms with Gasteiger partial charge in [-0.3, -0.25) is 0 Å². The van der Waals surface area contributed by atoms with E-state index in [1.54, 1.807) is 12.1 Å². The van der Waals surface area contributed by atoms with Gasteiger partial charge in [0.2, 0.25) is 0 Å². The Balaban J connectivity index is 2.43. The van der Waals surface area contributed by atoms with Crippen LogP contribution in [0.2, 0.25) is 0 Å². The van der Waals surface area contributed by atoms with Crippen molar-refractivity contribution in [2.45, 2.75) is 12.7 Å². The standard InChI is InChI=1S/C13H19NO2S/c1-10(7-14)8-17-9-11-3-5-12(6-4-11)13(15)16-2/h3-6,10H,7-9,14H2,1-2H3. The summed E-state index contributed by atoms with van der Waals surface area (Å²) in [5, 5.41) is 0. The molecule has 0 aliphatic rings. The van der Waals surface area contributed by atoms with Crippen molar-refractivity contribution in [3.8, 4) is 0 Å². The number of hydrogen-bond donors (Lipinski definition) is 1. The van der Waals surface area contributed by atoms with Crippen molar-refractivity contribution in [1.82, 2.24) is 0 Å². The predicted molar refractivity (Wildman–Crippen MR) is 72.2 cm³/mol. The molecule has 1 aromatic rings. The molecule has 0 aliphatic carbocycles. The lowest BCUT2D eigenvalue weighted by Crippen LogP contribution is -2.12. The van der Waals surface area contributed by atoms with Crippen LogP contribution in [0.4, 0.5) is 0 Å². The van der Waals surface area contributed by atoms with Gasteiger partial charge in [0.25, 0.3) is 0 Å². The molecular formula is C13H19NO2S. The van der Waals surface area contributed by atoms with Gasteiger partial charge in [0, 0.05) is 5.75 Å². The van der Waals surface area contributed by atoms with E-state index in [0.29, 0.717) is 11.5 Å². The number of nitrogens with two attached hydrogens (primary N) is 1. The fourth-order valence-corrected chi connectivity index (χ4v) is 2.39. The number of thioether (sulfide) groups is 1. The Bertz CT molecular complexity index is 351. The van der Waals surface area contributed by atoms with Crippen LogP contribution in [0.3, 0.4) is 0 Å². The molecule has 1 unspecified atom stereocenters. The maximum Gasteiger partial charge on any atom is 0.337 e. The van der Waals surface area contributed by atoms with Gasteiger partial charge >= 0.3 is 5.97 Å². The maximum absolute atomic E-state index is 11.2. The van der Waals surface area contributed by atoms with E-state index >= 15 is 0 Å². The van der Waals surface area contributed by atoms with Crippen LogP contribution >= 0.6 is 11.8 Å². The minimum Gasteiger partial charge on any atom is -0.465 e. The van der Waals surface area contributed by atoms with E-state index in [4.69, 9.17) is 5.73 Å². The average molecular weight is 253 g/mol. The van der Waals surface area contributed by atoms with Gasteiger partial charge in [-0.15, -0.1) is 0 Å². The molecule has 3 nitrogen and oxygen atoms in total. The second kappa shape index (κ2) is 7.35. The molecule has 2 N–H and O–H groups in total. The zero-order valence-electron chi connectivity index (χ0n) is 10.3. The Morgan fingerprint density at radius 2 is 2.06 bits per heavy atom. The monoisotopic (exact) mass is 253 g/mol. The molecule has 0 saturated heterocycles. The molecular weight excluding hydrogens is 234 g/mol. The van der Waals surface area contributed by atoms with Crippen LogP contribution in [0, 0.1) is 5.92 Å². The van der Waals surface area contributed by atoms with Crippen molar-refractivity contribution in [2.75, 3.05) is 19.4 Å². The van der Waals surface area contributed by atoms with Crippen LogP contribution in [0.25, 0.3) is 0 Å². The zero-order chi connectivity index (χ0) is 12.7. The van der Waals surface area contributed by atoms with Gasteiger partial charge in [0.15, 0.2) is 0 Å². The highest BCUT2D eigenvalue weighted by Gasteiger charge is 2.04. The number of carbonyl (C=O) groups excluding carboxylic acids is 1. The number of carbonyl (C=O) groups is 1. The van der Waals surface area contributed by atoms with Gasteiger partial charge in [0.05, 0.1) is 12.7 Å². The van der Waals surface area contributed by atoms with Crippen molar-refractivity contribution < 1.29 is 9.53 Å². The van der Waals surface area contributed by atoms with E-state index < -0.39 is 0 Å². The second-order valence-electron chi connectivity index (χ2n) is 4.04. The smallest absolute Gasteiger partial charge is 0.337 e. The first-order valence-electron chi connectivity index (χ1n) is 5.62. The van der Waals surface area contributed by atoms with Crippen molar-refractivity contribution in [2.24, 2.45) is 11.7 Å². The number of esters is 1. The molecule has 0 saturated carbocycles. The lowest BCUT2D eigenvalue weighted by atomic mass is 10.1. The highest BCUT2D eigenvalue weighted by molar-refractivity contribution is 7.98. The van der Waals surface area contributed by atoms with Gasteiger partial charge in [0.1, 0.15) is 0 Å². The molecule has 0 fully saturated rings. The quantitative estimate of drug-likeness (QED) is 0.790. The minimum absolute atomic E-state index is 0.291. The summed E-state index contributed by atoms with van der Waals surface area (Å²) >= 11 is 1.86. The van der Waals surface area contributed by atoms with Crippen LogP contribution in [0.15, 0.2) is 24.3 Å². The maximum atomic E-state index is 11.2. The molecule has 94 valence electrons. The summed E-state index contributed by atoms with van der Waals surface area (Å²) in [7, 11) is 1.39. The number of rotatable bonds is 6. The average Bonchev–Trinajstić information content (AvgIpc) is 2.38. The van der Waals surface area contributed by atoms with E-state index in [0.717, 1.165) is 18.1 Å². The number of methoxy groups -OCH3 is 1. The first-order chi connectivity index (χ1) is 8.17. The van der Waals surface area contributed by atoms with Crippen molar-refractivity contribution in [3.63, 3.8) is 0 Å². The van der Waals surface area contributed by atoms with Gasteiger partial charge in [-0.2, -0.15) is 11.8 Å². The third-order valence-electron chi connectivity index (χ3n) is 2.45. The highest BCUT2D eigenvalue weighted by atomic mass is 32.2. The molecule has 1 aromatic carbocycles. The normalized spacial score (nSPS) is 12.2. The Morgan fingerprint density at radius 1 is 1.41 bits per heavy atom. The van der Waals surface area contributed by atoms with Crippen LogP contribution in [0.1, 0.15) is 22.8 Å². The fourth-order valence-electron chi connectivity index (χ4n) is 1.30. The summed E-state index contributed by atoms with van der Waals surface area (Å²) in [5.41, 5.74) is 7.36. The Morgan fingerprint density at radius 3 is 2.59 bits per heavy atom. The van der Waals surface area contributed by atoms with Crippen LogP contribution in [-0.4, -0.2) is 25.4 Å². The van der Waals surface area contributed by atoms with Gasteiger partial charge in [-0.25, -0.2) is 4.79 Å². The minimum atomic E-state index is -0.291. The predicted octanol–water partition coefficient (Wildman–Crippen LogP) is 2.30. The van der Waals surface area contributed by atoms with Gasteiger partial charge in [-0.05, 0) is 35.9 Å². The summed E-state index contributed by atoms with van der Waals surface area (Å²) in [6.07, 6.45) is 0. The number of ether oxygens (including phenoxy) is 1. The number of benzene rings is 1. The second-order valence-corrected chi connectivity index (χ2v) is 5.07. The van der Waals surface area contributed by atoms with Gasteiger partial charge < -0.3 is 10.5 Å². The molecule has 0 radical (unpaired) electrons. The molecule has 0 aromatic heterocycles. The lowest BCUT2D eigenvalue weighted by Gasteiger charge is -2.07. The van der Waals surface area contributed by atoms with E-state index in [2.05, 4.69) is 11.7 Å². The van der Waals surface area contributed by atoms with Crippen molar-refractivity contribution in [3.05, 3.63) is 35.4 Å². The summed E-state index contributed by atoms with van der Waals surface area (Å²) in [4.78, 5) is 11.2. The third kappa shape index (κ3) is 4.79. The summed E-state index contributed by atoms with van der Waals surface area (Å²) in [6, 6.07) is 7.53. The van der Waals surface area contributed by atoms with E-state index in [-0.39, 0.29) is 5.97 Å². The Kier molecular flexibility index (Phi) is 6.08. The molecule has 0 bridgehead atoms. The molecule has 17 heavy (non-hydrogen) atoms. The highest BCUT2D eigenvalue weighted by Crippen LogP contribution is 2.16. The summed E-state index contributed by atoms with van der Waals surface area (Å²) < 4.78 is 4.65. The Labute approximate surface area is 107 Å². The van der Waals surface area contributed by atoms with Crippen LogP contribution in [-0.2, 0) is 10.5 Å². The van der Waals surface area contributed by atoms with Gasteiger partial charge in [-0.1, -0.05) is 19.1 Å². The first-order valence-corrected chi connectivity index (χ1v) is 6.78. The topological polar surface area (TPSA) is 52.3 Å². The fraction of sp³-hybridized carbons (Fsp3) is 0.462. The van der Waals surface area contributed by atoms with Crippen molar-refractivity contribution in [1.29, 1.82) is 0 Å². The molecule has 0 amide bonds. The van der Waals surface area contributed by atoms with Crippen LogP contribution < -0.4 is 5.73 Å². The molecule has 0 aliphatic heterocycles. The molecule has 1 rings (SSSR count). The Hall–Kier alpha value is -1.00. The summed E-state index contributed by atoms with van der Waals surface area (Å²) in [6.45, 7) is 2.88. The van der Waals surface area contributed by atoms with E-state index in [9.17, 15) is 4.79 Å². The van der Waals surface area contributed by atoms with E-state index in [1.165, 1.54) is 12.7 Å².